The van der Waals surface area contributed by atoms with Gasteiger partial charge in [0.15, 0.2) is 5.82 Å². The van der Waals surface area contributed by atoms with E-state index in [4.69, 9.17) is 5.11 Å². The molecule has 2 fully saturated rings. The number of benzene rings is 1. The predicted octanol–water partition coefficient (Wildman–Crippen LogP) is 6.03. The number of nitrogens with zero attached hydrogens (tertiary/aromatic N) is 3. The predicted molar refractivity (Wildman–Crippen MR) is 122 cm³/mol. The number of aromatic nitrogens is 3. The van der Waals surface area contributed by atoms with Gasteiger partial charge in [0, 0.05) is 31.3 Å². The number of piperidine rings is 1. The highest BCUT2D eigenvalue weighted by Crippen LogP contribution is 2.47. The van der Waals surface area contributed by atoms with Crippen LogP contribution in [0.1, 0.15) is 50.5 Å². The number of alkyl halides is 3. The number of rotatable bonds is 4. The molecule has 35 heavy (non-hydrogen) atoms. The molecule has 186 valence electrons. The van der Waals surface area contributed by atoms with E-state index in [2.05, 4.69) is 19.9 Å². The first-order valence-corrected chi connectivity index (χ1v) is 11.8. The molecule has 1 aliphatic carbocycles. The van der Waals surface area contributed by atoms with Crippen LogP contribution in [0.3, 0.4) is 0 Å². The quantitative estimate of drug-likeness (QED) is 0.436. The lowest BCUT2D eigenvalue weighted by molar-refractivity contribution is -0.139. The molecule has 5 rings (SSSR count). The molecule has 2 aromatic heterocycles. The lowest BCUT2D eigenvalue weighted by Crippen LogP contribution is -2.42. The zero-order chi connectivity index (χ0) is 24.8. The minimum atomic E-state index is -4.64. The highest BCUT2D eigenvalue weighted by molar-refractivity contribution is 5.80. The van der Waals surface area contributed by atoms with Crippen LogP contribution >= 0.6 is 0 Å². The number of H-pyrrole nitrogens is 1. The Kier molecular flexibility index (Phi) is 5.93. The number of nitrogens with one attached hydrogen (secondary N) is 1. The standard InChI is InChI=1S/C25H26F4N4O2/c26-18-12-17(25(27,28)29)13-19-22(18)32-23(31-19)16-1-2-20(30-14-16)33-9-7-24(8-10-33)5-3-15(4-6-24)11-21(34)35/h1-2,12-15H,3-11H2,(H,31,32)(H,34,35). The van der Waals surface area contributed by atoms with Crippen LogP contribution in [0.25, 0.3) is 22.4 Å². The second-order valence-electron chi connectivity index (χ2n) is 9.87. The fourth-order valence-corrected chi connectivity index (χ4v) is 5.54. The summed E-state index contributed by atoms with van der Waals surface area (Å²) in [5.41, 5.74) is -0.376. The van der Waals surface area contributed by atoms with Crippen LogP contribution in [0, 0.1) is 17.2 Å². The van der Waals surface area contributed by atoms with Crippen LogP contribution in [0.15, 0.2) is 30.5 Å². The number of imidazole rings is 1. The number of carboxylic acid groups (broad SMARTS) is 1. The summed E-state index contributed by atoms with van der Waals surface area (Å²) in [6, 6.07) is 4.94. The van der Waals surface area contributed by atoms with Crippen molar-refractivity contribution in [1.29, 1.82) is 0 Å². The molecule has 0 bridgehead atoms. The van der Waals surface area contributed by atoms with Gasteiger partial charge < -0.3 is 15.0 Å². The molecule has 1 aliphatic heterocycles. The maximum atomic E-state index is 14.2. The zero-order valence-corrected chi connectivity index (χ0v) is 19.0. The number of aliphatic carboxylic acids is 1. The molecule has 0 amide bonds. The summed E-state index contributed by atoms with van der Waals surface area (Å²) >= 11 is 0. The first-order chi connectivity index (χ1) is 16.6. The number of hydrogen-bond acceptors (Lipinski definition) is 4. The van der Waals surface area contributed by atoms with E-state index >= 15 is 0 Å². The zero-order valence-electron chi connectivity index (χ0n) is 19.0. The Labute approximate surface area is 199 Å². The number of pyridine rings is 1. The van der Waals surface area contributed by atoms with Gasteiger partial charge in [-0.05, 0) is 74.1 Å². The van der Waals surface area contributed by atoms with Crippen LogP contribution in [-0.2, 0) is 11.0 Å². The van der Waals surface area contributed by atoms with E-state index in [0.717, 1.165) is 63.5 Å². The molecule has 1 aromatic carbocycles. The number of halogens is 4. The monoisotopic (exact) mass is 490 g/mol. The molecule has 3 aromatic rings. The van der Waals surface area contributed by atoms with Gasteiger partial charge >= 0.3 is 12.1 Å². The molecule has 1 saturated carbocycles. The van der Waals surface area contributed by atoms with Gasteiger partial charge in [0.05, 0.1) is 11.1 Å². The largest absolute Gasteiger partial charge is 0.481 e. The van der Waals surface area contributed by atoms with Gasteiger partial charge in [-0.1, -0.05) is 0 Å². The minimum Gasteiger partial charge on any atom is -0.481 e. The third kappa shape index (κ3) is 4.83. The molecule has 0 unspecified atom stereocenters. The molecule has 2 N–H and O–H groups in total. The van der Waals surface area contributed by atoms with Crippen molar-refractivity contribution in [3.8, 4) is 11.4 Å². The third-order valence-corrected chi connectivity index (χ3v) is 7.67. The molecular weight excluding hydrogens is 464 g/mol. The summed E-state index contributed by atoms with van der Waals surface area (Å²) in [6.45, 7) is 1.73. The van der Waals surface area contributed by atoms with Gasteiger partial charge in [0.25, 0.3) is 0 Å². The highest BCUT2D eigenvalue weighted by atomic mass is 19.4. The van der Waals surface area contributed by atoms with E-state index in [1.807, 2.05) is 6.07 Å². The van der Waals surface area contributed by atoms with E-state index in [0.29, 0.717) is 17.0 Å². The molecule has 10 heteroatoms. The summed E-state index contributed by atoms with van der Waals surface area (Å²) in [4.78, 5) is 24.6. The van der Waals surface area contributed by atoms with Gasteiger partial charge in [0.2, 0.25) is 0 Å². The van der Waals surface area contributed by atoms with Crippen LogP contribution < -0.4 is 4.90 Å². The van der Waals surface area contributed by atoms with Crippen molar-refractivity contribution < 1.29 is 27.5 Å². The molecule has 1 spiro atoms. The number of aromatic amines is 1. The molecule has 3 heterocycles. The minimum absolute atomic E-state index is 0.0178. The van der Waals surface area contributed by atoms with Gasteiger partial charge in [-0.3, -0.25) is 4.79 Å². The van der Waals surface area contributed by atoms with Crippen molar-refractivity contribution >= 4 is 22.8 Å². The van der Waals surface area contributed by atoms with Crippen LogP contribution in [0.2, 0.25) is 0 Å². The Hall–Kier alpha value is -3.17. The first-order valence-electron chi connectivity index (χ1n) is 11.8. The molecule has 0 atom stereocenters. The fourth-order valence-electron chi connectivity index (χ4n) is 5.54. The first kappa shape index (κ1) is 23.6. The second kappa shape index (κ2) is 8.80. The molecular formula is C25H26F4N4O2. The fraction of sp³-hybridized carbons (Fsp3) is 0.480. The Balaban J connectivity index is 1.25. The van der Waals surface area contributed by atoms with E-state index in [-0.39, 0.29) is 29.2 Å². The number of carboxylic acids is 1. The molecule has 6 nitrogen and oxygen atoms in total. The van der Waals surface area contributed by atoms with Crippen molar-refractivity contribution in [3.63, 3.8) is 0 Å². The van der Waals surface area contributed by atoms with Crippen molar-refractivity contribution in [1.82, 2.24) is 15.0 Å². The third-order valence-electron chi connectivity index (χ3n) is 7.67. The second-order valence-corrected chi connectivity index (χ2v) is 9.87. The number of carbonyl (C=O) groups is 1. The topological polar surface area (TPSA) is 82.1 Å². The van der Waals surface area contributed by atoms with Crippen molar-refractivity contribution in [2.24, 2.45) is 11.3 Å². The molecule has 0 radical (unpaired) electrons. The van der Waals surface area contributed by atoms with Crippen LogP contribution in [0.5, 0.6) is 0 Å². The number of fused-ring (bicyclic) bond motifs is 1. The normalized spacial score (nSPS) is 18.9. The van der Waals surface area contributed by atoms with Crippen molar-refractivity contribution in [3.05, 3.63) is 41.8 Å². The van der Waals surface area contributed by atoms with E-state index in [1.165, 1.54) is 0 Å². The SMILES string of the molecule is O=C(O)CC1CCC2(CC1)CCN(c1ccc(-c3nc4c(F)cc(C(F)(F)F)cc4[nH]3)cn1)CC2. The maximum absolute atomic E-state index is 14.2. The summed E-state index contributed by atoms with van der Waals surface area (Å²) < 4.78 is 53.2. The lowest BCUT2D eigenvalue weighted by Gasteiger charge is -2.46. The van der Waals surface area contributed by atoms with E-state index in [9.17, 15) is 22.4 Å². The van der Waals surface area contributed by atoms with Crippen LogP contribution in [-0.4, -0.2) is 39.1 Å². The molecule has 1 saturated heterocycles. The lowest BCUT2D eigenvalue weighted by atomic mass is 9.65. The summed E-state index contributed by atoms with van der Waals surface area (Å²) in [5, 5.41) is 9.03. The Morgan fingerprint density at radius 1 is 1.14 bits per heavy atom. The van der Waals surface area contributed by atoms with E-state index < -0.39 is 23.5 Å². The summed E-state index contributed by atoms with van der Waals surface area (Å²) in [7, 11) is 0. The number of hydrogen-bond donors (Lipinski definition) is 2. The van der Waals surface area contributed by atoms with Gasteiger partial charge in [0.1, 0.15) is 17.2 Å². The van der Waals surface area contributed by atoms with E-state index in [1.54, 1.807) is 12.3 Å². The average molecular weight is 491 g/mol. The Bertz CT molecular complexity index is 1220. The average Bonchev–Trinajstić information content (AvgIpc) is 3.26. The Morgan fingerprint density at radius 3 is 2.46 bits per heavy atom. The Morgan fingerprint density at radius 2 is 1.86 bits per heavy atom. The van der Waals surface area contributed by atoms with Crippen molar-refractivity contribution in [2.75, 3.05) is 18.0 Å². The molecule has 2 aliphatic rings. The summed E-state index contributed by atoms with van der Waals surface area (Å²) in [6.07, 6.45) is 3.39. The number of anilines is 1. The van der Waals surface area contributed by atoms with Gasteiger partial charge in [-0.2, -0.15) is 13.2 Å². The van der Waals surface area contributed by atoms with Crippen molar-refractivity contribution in [2.45, 2.75) is 51.1 Å². The van der Waals surface area contributed by atoms with Gasteiger partial charge in [-0.15, -0.1) is 0 Å². The summed E-state index contributed by atoms with van der Waals surface area (Å²) in [5.74, 6) is -0.384. The smallest absolute Gasteiger partial charge is 0.416 e. The maximum Gasteiger partial charge on any atom is 0.416 e. The highest BCUT2D eigenvalue weighted by Gasteiger charge is 2.38. The van der Waals surface area contributed by atoms with Gasteiger partial charge in [-0.25, -0.2) is 14.4 Å². The van der Waals surface area contributed by atoms with Crippen LogP contribution in [0.4, 0.5) is 23.4 Å².